The van der Waals surface area contributed by atoms with E-state index >= 15 is 0 Å². The van der Waals surface area contributed by atoms with Gasteiger partial charge in [0.05, 0.1) is 0 Å². The fourth-order valence-corrected chi connectivity index (χ4v) is 3.20. The van der Waals surface area contributed by atoms with Crippen LogP contribution in [0.4, 0.5) is 11.4 Å². The normalized spacial score (nSPS) is 10.6. The van der Waals surface area contributed by atoms with Gasteiger partial charge in [-0.15, -0.1) is 0 Å². The Labute approximate surface area is 153 Å². The van der Waals surface area contributed by atoms with Gasteiger partial charge >= 0.3 is 0 Å². The maximum absolute atomic E-state index is 6.22. The van der Waals surface area contributed by atoms with E-state index in [1.54, 1.807) is 0 Å². The first kappa shape index (κ1) is 16.0. The highest BCUT2D eigenvalue weighted by molar-refractivity contribution is 5.83. The van der Waals surface area contributed by atoms with E-state index in [0.717, 1.165) is 44.8 Å². The van der Waals surface area contributed by atoms with Crippen molar-refractivity contribution in [3.63, 3.8) is 0 Å². The SMILES string of the molecule is Nc1cccc(-c2cccc(-c3ccc(N)c(-c4ccccc4)c3)c2)c1. The summed E-state index contributed by atoms with van der Waals surface area (Å²) in [4.78, 5) is 0. The van der Waals surface area contributed by atoms with Gasteiger partial charge in [0.1, 0.15) is 0 Å². The molecule has 2 heteroatoms. The molecule has 2 nitrogen and oxygen atoms in total. The highest BCUT2D eigenvalue weighted by Crippen LogP contribution is 2.33. The summed E-state index contributed by atoms with van der Waals surface area (Å²) in [6, 6.07) is 32.9. The molecule has 0 fully saturated rings. The van der Waals surface area contributed by atoms with Crippen molar-refractivity contribution in [1.82, 2.24) is 0 Å². The van der Waals surface area contributed by atoms with E-state index in [0.29, 0.717) is 0 Å². The average molecular weight is 336 g/mol. The van der Waals surface area contributed by atoms with Crippen LogP contribution in [0.5, 0.6) is 0 Å². The van der Waals surface area contributed by atoms with Crippen molar-refractivity contribution >= 4 is 11.4 Å². The van der Waals surface area contributed by atoms with Crippen LogP contribution in [-0.2, 0) is 0 Å². The van der Waals surface area contributed by atoms with Gasteiger partial charge in [0.15, 0.2) is 0 Å². The molecule has 0 aromatic heterocycles. The molecule has 0 atom stereocenters. The molecule has 26 heavy (non-hydrogen) atoms. The number of nitrogens with two attached hydrogens (primary N) is 2. The zero-order valence-electron chi connectivity index (χ0n) is 14.4. The minimum Gasteiger partial charge on any atom is -0.399 e. The zero-order chi connectivity index (χ0) is 17.9. The summed E-state index contributed by atoms with van der Waals surface area (Å²) in [5.41, 5.74) is 20.4. The van der Waals surface area contributed by atoms with Crippen molar-refractivity contribution in [3.8, 4) is 33.4 Å². The van der Waals surface area contributed by atoms with Crippen LogP contribution in [0.3, 0.4) is 0 Å². The van der Waals surface area contributed by atoms with Crippen LogP contribution in [0, 0.1) is 0 Å². The Morgan fingerprint density at radius 2 is 1.00 bits per heavy atom. The van der Waals surface area contributed by atoms with Crippen LogP contribution in [0.15, 0.2) is 97.1 Å². The number of rotatable bonds is 3. The third-order valence-corrected chi connectivity index (χ3v) is 4.55. The lowest BCUT2D eigenvalue weighted by atomic mass is 9.95. The van der Waals surface area contributed by atoms with Gasteiger partial charge in [0.25, 0.3) is 0 Å². The van der Waals surface area contributed by atoms with Crippen molar-refractivity contribution in [1.29, 1.82) is 0 Å². The van der Waals surface area contributed by atoms with Gasteiger partial charge in [0, 0.05) is 16.9 Å². The van der Waals surface area contributed by atoms with Crippen molar-refractivity contribution < 1.29 is 0 Å². The molecule has 0 aliphatic rings. The van der Waals surface area contributed by atoms with E-state index in [1.807, 2.05) is 42.5 Å². The lowest BCUT2D eigenvalue weighted by molar-refractivity contribution is 1.57. The second-order valence-electron chi connectivity index (χ2n) is 6.37. The third-order valence-electron chi connectivity index (χ3n) is 4.55. The number of hydrogen-bond acceptors (Lipinski definition) is 2. The predicted octanol–water partition coefficient (Wildman–Crippen LogP) is 5.85. The van der Waals surface area contributed by atoms with Gasteiger partial charge in [-0.1, -0.05) is 66.7 Å². The lowest BCUT2D eigenvalue weighted by Gasteiger charge is -2.11. The Morgan fingerprint density at radius 3 is 1.69 bits per heavy atom. The van der Waals surface area contributed by atoms with E-state index in [-0.39, 0.29) is 0 Å². The molecule has 0 saturated carbocycles. The maximum atomic E-state index is 6.22. The average Bonchev–Trinajstić information content (AvgIpc) is 2.69. The third kappa shape index (κ3) is 3.17. The zero-order valence-corrected chi connectivity index (χ0v) is 14.4. The minimum absolute atomic E-state index is 0.770. The predicted molar refractivity (Wildman–Crippen MR) is 112 cm³/mol. The number of nitrogen functional groups attached to an aromatic ring is 2. The molecular weight excluding hydrogens is 316 g/mol. The number of benzene rings is 4. The largest absolute Gasteiger partial charge is 0.399 e. The summed E-state index contributed by atoms with van der Waals surface area (Å²) >= 11 is 0. The standard InChI is InChI=1S/C24H20N2/c25-22-11-5-10-20(15-22)18-8-4-9-19(14-18)21-12-13-24(26)23(16-21)17-6-2-1-3-7-17/h1-16H,25-26H2. The Hall–Kier alpha value is -3.52. The fourth-order valence-electron chi connectivity index (χ4n) is 3.20. The Balaban J connectivity index is 1.78. The molecule has 0 bridgehead atoms. The van der Waals surface area contributed by atoms with Gasteiger partial charge in [-0.05, 0) is 58.1 Å². The molecule has 4 N–H and O–H groups in total. The first-order valence-electron chi connectivity index (χ1n) is 8.62. The van der Waals surface area contributed by atoms with Crippen LogP contribution in [0.25, 0.3) is 33.4 Å². The minimum atomic E-state index is 0.770. The van der Waals surface area contributed by atoms with Crippen molar-refractivity contribution in [2.75, 3.05) is 11.5 Å². The molecule has 4 aromatic rings. The molecule has 0 spiro atoms. The van der Waals surface area contributed by atoms with Crippen LogP contribution in [0.2, 0.25) is 0 Å². The number of hydrogen-bond donors (Lipinski definition) is 2. The molecule has 0 heterocycles. The second kappa shape index (κ2) is 6.77. The molecule has 126 valence electrons. The fraction of sp³-hybridized carbons (Fsp3) is 0. The number of anilines is 2. The summed E-state index contributed by atoms with van der Waals surface area (Å²) < 4.78 is 0. The van der Waals surface area contributed by atoms with Crippen molar-refractivity contribution in [2.24, 2.45) is 0 Å². The van der Waals surface area contributed by atoms with E-state index in [4.69, 9.17) is 11.5 Å². The van der Waals surface area contributed by atoms with E-state index in [1.165, 1.54) is 0 Å². The van der Waals surface area contributed by atoms with Crippen molar-refractivity contribution in [2.45, 2.75) is 0 Å². The summed E-state index contributed by atoms with van der Waals surface area (Å²) in [6.45, 7) is 0. The molecule has 0 unspecified atom stereocenters. The second-order valence-corrected chi connectivity index (χ2v) is 6.37. The molecule has 4 rings (SSSR count). The molecule has 0 aliphatic carbocycles. The van der Waals surface area contributed by atoms with Gasteiger partial charge in [-0.25, -0.2) is 0 Å². The smallest absolute Gasteiger partial charge is 0.0394 e. The molecule has 0 saturated heterocycles. The maximum Gasteiger partial charge on any atom is 0.0394 e. The van der Waals surface area contributed by atoms with E-state index in [9.17, 15) is 0 Å². The quantitative estimate of drug-likeness (QED) is 0.461. The first-order chi connectivity index (χ1) is 12.7. The molecule has 0 radical (unpaired) electrons. The highest BCUT2D eigenvalue weighted by Gasteiger charge is 2.07. The van der Waals surface area contributed by atoms with Crippen LogP contribution >= 0.6 is 0 Å². The van der Waals surface area contributed by atoms with Crippen LogP contribution in [0.1, 0.15) is 0 Å². The monoisotopic (exact) mass is 336 g/mol. The van der Waals surface area contributed by atoms with Crippen LogP contribution in [-0.4, -0.2) is 0 Å². The van der Waals surface area contributed by atoms with E-state index < -0.39 is 0 Å². The van der Waals surface area contributed by atoms with Crippen LogP contribution < -0.4 is 11.5 Å². The Kier molecular flexibility index (Phi) is 4.16. The van der Waals surface area contributed by atoms with Gasteiger partial charge < -0.3 is 11.5 Å². The van der Waals surface area contributed by atoms with Gasteiger partial charge in [0.2, 0.25) is 0 Å². The Bertz CT molecular complexity index is 1050. The van der Waals surface area contributed by atoms with Gasteiger partial charge in [-0.3, -0.25) is 0 Å². The molecular formula is C24H20N2. The molecule has 0 aliphatic heterocycles. The van der Waals surface area contributed by atoms with Gasteiger partial charge in [-0.2, -0.15) is 0 Å². The summed E-state index contributed by atoms with van der Waals surface area (Å²) in [6.07, 6.45) is 0. The summed E-state index contributed by atoms with van der Waals surface area (Å²) in [7, 11) is 0. The molecule has 0 amide bonds. The van der Waals surface area contributed by atoms with E-state index in [2.05, 4.69) is 54.6 Å². The highest BCUT2D eigenvalue weighted by atomic mass is 14.6. The summed E-state index contributed by atoms with van der Waals surface area (Å²) in [5.74, 6) is 0. The van der Waals surface area contributed by atoms with Crippen molar-refractivity contribution in [3.05, 3.63) is 97.1 Å². The summed E-state index contributed by atoms with van der Waals surface area (Å²) in [5, 5.41) is 0. The lowest BCUT2D eigenvalue weighted by Crippen LogP contribution is -1.91. The Morgan fingerprint density at radius 1 is 0.423 bits per heavy atom. The molecule has 4 aromatic carbocycles. The first-order valence-corrected chi connectivity index (χ1v) is 8.62. The topological polar surface area (TPSA) is 52.0 Å².